The molecule has 0 amide bonds. The predicted molar refractivity (Wildman–Crippen MR) is 125 cm³/mol. The Hall–Kier alpha value is -2.82. The van der Waals surface area contributed by atoms with Gasteiger partial charge in [0.2, 0.25) is 0 Å². The van der Waals surface area contributed by atoms with Gasteiger partial charge < -0.3 is 25.0 Å². The molecule has 3 aromatic rings. The minimum Gasteiger partial charge on any atom is -0.487 e. The number of hydrogen-bond acceptors (Lipinski definition) is 9. The summed E-state index contributed by atoms with van der Waals surface area (Å²) in [4.78, 5) is 23.9. The molecule has 0 aliphatic heterocycles. The van der Waals surface area contributed by atoms with Crippen molar-refractivity contribution in [2.45, 2.75) is 20.0 Å². The van der Waals surface area contributed by atoms with Crippen molar-refractivity contribution in [3.63, 3.8) is 0 Å². The molecule has 0 saturated heterocycles. The first-order chi connectivity index (χ1) is 15.3. The number of aryl methyl sites for hydroxylation is 1. The van der Waals surface area contributed by atoms with Gasteiger partial charge in [0.15, 0.2) is 0 Å². The van der Waals surface area contributed by atoms with Crippen LogP contribution in [0.25, 0.3) is 10.2 Å². The molecule has 32 heavy (non-hydrogen) atoms. The van der Waals surface area contributed by atoms with Crippen LogP contribution in [0.1, 0.15) is 22.2 Å². The van der Waals surface area contributed by atoms with Crippen LogP contribution in [0.5, 0.6) is 5.75 Å². The summed E-state index contributed by atoms with van der Waals surface area (Å²) in [6.07, 6.45) is 1.24. The number of rotatable bonds is 10. The molecule has 0 fully saturated rings. The summed E-state index contributed by atoms with van der Waals surface area (Å²) >= 11 is 1.24. The van der Waals surface area contributed by atoms with Gasteiger partial charge >= 0.3 is 5.97 Å². The van der Waals surface area contributed by atoms with Crippen LogP contribution in [-0.2, 0) is 4.74 Å². The summed E-state index contributed by atoms with van der Waals surface area (Å²) in [7, 11) is 5.37. The maximum absolute atomic E-state index is 14.0. The Morgan fingerprint density at radius 3 is 2.81 bits per heavy atom. The Labute approximate surface area is 190 Å². The molecule has 2 aromatic heterocycles. The molecule has 2 heterocycles. The van der Waals surface area contributed by atoms with Gasteiger partial charge in [-0.05, 0) is 45.6 Å². The molecule has 1 unspecified atom stereocenters. The molecule has 3 rings (SSSR count). The van der Waals surface area contributed by atoms with E-state index in [1.54, 1.807) is 6.07 Å². The fraction of sp³-hybridized carbons (Fsp3) is 0.409. The summed E-state index contributed by atoms with van der Waals surface area (Å²) in [6.45, 7) is 6.10. The number of halogens is 1. The molecule has 8 nitrogen and oxygen atoms in total. The molecule has 1 aromatic carbocycles. The SMILES string of the molecule is COC(=O)c1sc2ncnc(Nc3ccc(F)cc3OC(C)CNCCN(C)C)c2c1C. The first-order valence-corrected chi connectivity index (χ1v) is 11.0. The highest BCUT2D eigenvalue weighted by atomic mass is 32.1. The average Bonchev–Trinajstić information content (AvgIpc) is 3.10. The van der Waals surface area contributed by atoms with E-state index in [0.717, 1.165) is 18.7 Å². The molecule has 0 aliphatic rings. The molecular weight excluding hydrogens is 433 g/mol. The monoisotopic (exact) mass is 461 g/mol. The van der Waals surface area contributed by atoms with Gasteiger partial charge in [-0.15, -0.1) is 11.3 Å². The number of anilines is 2. The van der Waals surface area contributed by atoms with Crippen LogP contribution in [0.3, 0.4) is 0 Å². The first-order valence-electron chi connectivity index (χ1n) is 10.2. The van der Waals surface area contributed by atoms with Gasteiger partial charge in [-0.3, -0.25) is 0 Å². The van der Waals surface area contributed by atoms with Gasteiger partial charge in [0.05, 0.1) is 18.2 Å². The van der Waals surface area contributed by atoms with Crippen LogP contribution in [0.2, 0.25) is 0 Å². The van der Waals surface area contributed by atoms with Crippen molar-refractivity contribution in [1.29, 1.82) is 0 Å². The number of likely N-dealkylation sites (N-methyl/N-ethyl adjacent to an activating group) is 1. The Kier molecular flexibility index (Phi) is 7.94. The fourth-order valence-corrected chi connectivity index (χ4v) is 4.21. The highest BCUT2D eigenvalue weighted by Crippen LogP contribution is 2.36. The number of ether oxygens (including phenoxy) is 2. The molecule has 10 heteroatoms. The molecule has 0 radical (unpaired) electrons. The molecule has 0 saturated carbocycles. The van der Waals surface area contributed by atoms with E-state index < -0.39 is 11.8 Å². The third-order valence-electron chi connectivity index (χ3n) is 4.79. The highest BCUT2D eigenvalue weighted by molar-refractivity contribution is 7.20. The molecule has 0 bridgehead atoms. The topological polar surface area (TPSA) is 88.6 Å². The Balaban J connectivity index is 1.83. The van der Waals surface area contributed by atoms with E-state index >= 15 is 0 Å². The average molecular weight is 462 g/mol. The molecule has 172 valence electrons. The zero-order valence-electron chi connectivity index (χ0n) is 18.9. The largest absolute Gasteiger partial charge is 0.487 e. The van der Waals surface area contributed by atoms with Gasteiger partial charge in [0.1, 0.15) is 39.5 Å². The normalized spacial score (nSPS) is 12.2. The third kappa shape index (κ3) is 5.70. The van der Waals surface area contributed by atoms with E-state index in [2.05, 4.69) is 25.5 Å². The number of esters is 1. The van der Waals surface area contributed by atoms with Gasteiger partial charge in [-0.1, -0.05) is 0 Å². The van der Waals surface area contributed by atoms with Crippen LogP contribution in [-0.4, -0.2) is 67.8 Å². The Bertz CT molecular complexity index is 1090. The quantitative estimate of drug-likeness (QED) is 0.350. The minimum atomic E-state index is -0.419. The Morgan fingerprint density at radius 1 is 1.31 bits per heavy atom. The number of methoxy groups -OCH3 is 1. The number of hydrogen-bond donors (Lipinski definition) is 2. The standard InChI is InChI=1S/C22H28FN5O3S/c1-13(11-24-8-9-28(3)4)31-17-10-15(23)6-7-16(17)27-20-18-14(2)19(22(29)30-5)32-21(18)26-12-25-20/h6-7,10,12-13,24H,8-9,11H2,1-5H3,(H,25,26,27). The number of fused-ring (bicyclic) bond motifs is 1. The highest BCUT2D eigenvalue weighted by Gasteiger charge is 2.20. The summed E-state index contributed by atoms with van der Waals surface area (Å²) in [5.74, 6) is 0.0653. The van der Waals surface area contributed by atoms with Crippen molar-refractivity contribution >= 4 is 39.0 Å². The maximum Gasteiger partial charge on any atom is 0.348 e. The van der Waals surface area contributed by atoms with E-state index in [4.69, 9.17) is 9.47 Å². The van der Waals surface area contributed by atoms with E-state index in [-0.39, 0.29) is 6.10 Å². The summed E-state index contributed by atoms with van der Waals surface area (Å²) < 4.78 is 24.9. The first kappa shape index (κ1) is 23.8. The fourth-order valence-electron chi connectivity index (χ4n) is 3.14. The van der Waals surface area contributed by atoms with E-state index in [1.165, 1.54) is 36.9 Å². The number of nitrogens with zero attached hydrogens (tertiary/aromatic N) is 3. The summed E-state index contributed by atoms with van der Waals surface area (Å²) in [6, 6.07) is 4.30. The van der Waals surface area contributed by atoms with Crippen molar-refractivity contribution in [1.82, 2.24) is 20.2 Å². The zero-order chi connectivity index (χ0) is 23.3. The van der Waals surface area contributed by atoms with Crippen LogP contribution < -0.4 is 15.4 Å². The lowest BCUT2D eigenvalue weighted by atomic mass is 10.2. The van der Waals surface area contributed by atoms with E-state index in [9.17, 15) is 9.18 Å². The van der Waals surface area contributed by atoms with Gasteiger partial charge in [0, 0.05) is 25.7 Å². The maximum atomic E-state index is 14.0. The second-order valence-corrected chi connectivity index (χ2v) is 8.65. The van der Waals surface area contributed by atoms with E-state index in [0.29, 0.717) is 38.9 Å². The lowest BCUT2D eigenvalue weighted by Crippen LogP contribution is -2.33. The molecule has 2 N–H and O–H groups in total. The van der Waals surface area contributed by atoms with Gasteiger partial charge in [0.25, 0.3) is 0 Å². The van der Waals surface area contributed by atoms with Crippen molar-refractivity contribution in [2.24, 2.45) is 0 Å². The lowest BCUT2D eigenvalue weighted by Gasteiger charge is -2.19. The predicted octanol–water partition coefficient (Wildman–Crippen LogP) is 3.59. The Morgan fingerprint density at radius 2 is 2.09 bits per heavy atom. The molecule has 0 spiro atoms. The van der Waals surface area contributed by atoms with Crippen molar-refractivity contribution in [3.8, 4) is 5.75 Å². The number of thiophene rings is 1. The number of carbonyl (C=O) groups is 1. The van der Waals surface area contributed by atoms with Crippen LogP contribution in [0.4, 0.5) is 15.9 Å². The molecular formula is C22H28FN5O3S. The van der Waals surface area contributed by atoms with Crippen LogP contribution >= 0.6 is 11.3 Å². The molecule has 0 aliphatic carbocycles. The van der Waals surface area contributed by atoms with Crippen molar-refractivity contribution in [3.05, 3.63) is 40.8 Å². The lowest BCUT2D eigenvalue weighted by molar-refractivity contribution is 0.0605. The van der Waals surface area contributed by atoms with Crippen LogP contribution in [0, 0.1) is 12.7 Å². The van der Waals surface area contributed by atoms with Gasteiger partial charge in [-0.2, -0.15) is 0 Å². The number of nitrogens with one attached hydrogen (secondary N) is 2. The summed E-state index contributed by atoms with van der Waals surface area (Å²) in [5.41, 5.74) is 1.29. The molecule has 1 atom stereocenters. The number of aromatic nitrogens is 2. The third-order valence-corrected chi connectivity index (χ3v) is 5.97. The minimum absolute atomic E-state index is 0.182. The summed E-state index contributed by atoms with van der Waals surface area (Å²) in [5, 5.41) is 7.27. The van der Waals surface area contributed by atoms with Crippen molar-refractivity contribution < 1.29 is 18.7 Å². The van der Waals surface area contributed by atoms with Crippen molar-refractivity contribution in [2.75, 3.05) is 46.2 Å². The van der Waals surface area contributed by atoms with Crippen LogP contribution in [0.15, 0.2) is 24.5 Å². The smallest absolute Gasteiger partial charge is 0.348 e. The zero-order valence-corrected chi connectivity index (χ0v) is 19.7. The van der Waals surface area contributed by atoms with Gasteiger partial charge in [-0.25, -0.2) is 19.2 Å². The number of carbonyl (C=O) groups excluding carboxylic acids is 1. The second-order valence-electron chi connectivity index (χ2n) is 7.65. The second kappa shape index (κ2) is 10.7. The number of benzene rings is 1. The van der Waals surface area contributed by atoms with E-state index in [1.807, 2.05) is 27.9 Å².